The van der Waals surface area contributed by atoms with Gasteiger partial charge in [-0.3, -0.25) is 14.5 Å². The van der Waals surface area contributed by atoms with Crippen LogP contribution in [0.4, 0.5) is 0 Å². The number of ether oxygens (including phenoxy) is 1. The Morgan fingerprint density at radius 3 is 2.59 bits per heavy atom. The van der Waals surface area contributed by atoms with Crippen molar-refractivity contribution in [3.63, 3.8) is 0 Å². The summed E-state index contributed by atoms with van der Waals surface area (Å²) in [4.78, 5) is 40.6. The summed E-state index contributed by atoms with van der Waals surface area (Å²) in [7, 11) is 0. The minimum Gasteiger partial charge on any atom is -0.491 e. The second-order valence-corrected chi connectivity index (χ2v) is 11.6. The van der Waals surface area contributed by atoms with E-state index >= 15 is 0 Å². The molecular formula is C31H43N5O3. The van der Waals surface area contributed by atoms with Gasteiger partial charge in [0.05, 0.1) is 24.5 Å². The average Bonchev–Trinajstić information content (AvgIpc) is 2.93. The first-order valence-corrected chi connectivity index (χ1v) is 14.8. The van der Waals surface area contributed by atoms with Gasteiger partial charge < -0.3 is 15.0 Å². The molecule has 0 bridgehead atoms. The molecule has 3 aliphatic heterocycles. The third-order valence-electron chi connectivity index (χ3n) is 8.74. The lowest BCUT2D eigenvalue weighted by atomic mass is 9.73. The molecule has 8 nitrogen and oxygen atoms in total. The summed E-state index contributed by atoms with van der Waals surface area (Å²) >= 11 is 0. The maximum absolute atomic E-state index is 13.5. The van der Waals surface area contributed by atoms with Crippen LogP contribution in [0.3, 0.4) is 0 Å². The quantitative estimate of drug-likeness (QED) is 0.638. The number of nitrogens with zero attached hydrogens (tertiary/aromatic N) is 4. The third-order valence-corrected chi connectivity index (χ3v) is 8.74. The molecule has 1 N–H and O–H groups in total. The maximum Gasteiger partial charge on any atom is 0.237 e. The highest BCUT2D eigenvalue weighted by Gasteiger charge is 2.41. The van der Waals surface area contributed by atoms with Crippen molar-refractivity contribution in [2.75, 3.05) is 39.3 Å². The number of fused-ring (bicyclic) bond motifs is 1. The van der Waals surface area contributed by atoms with E-state index < -0.39 is 0 Å². The van der Waals surface area contributed by atoms with E-state index in [2.05, 4.69) is 32.3 Å². The Morgan fingerprint density at radius 1 is 1.03 bits per heavy atom. The zero-order valence-electron chi connectivity index (χ0n) is 23.6. The Balaban J connectivity index is 1.20. The van der Waals surface area contributed by atoms with Crippen molar-refractivity contribution in [1.29, 1.82) is 0 Å². The molecule has 1 atom stereocenters. The number of carbonyl (C=O) groups is 2. The Morgan fingerprint density at radius 2 is 1.79 bits per heavy atom. The molecule has 2 amide bonds. The van der Waals surface area contributed by atoms with Gasteiger partial charge >= 0.3 is 0 Å². The number of hydrogen-bond donors (Lipinski definition) is 1. The number of amides is 2. The second kappa shape index (κ2) is 12.5. The van der Waals surface area contributed by atoms with Crippen LogP contribution in [0.5, 0.6) is 5.75 Å². The summed E-state index contributed by atoms with van der Waals surface area (Å²) in [6.07, 6.45) is 8.48. The van der Waals surface area contributed by atoms with E-state index in [1.54, 1.807) is 0 Å². The summed E-state index contributed by atoms with van der Waals surface area (Å²) in [5.41, 5.74) is 2.78. The highest BCUT2D eigenvalue weighted by molar-refractivity contribution is 5.83. The molecule has 0 radical (unpaired) electrons. The van der Waals surface area contributed by atoms with E-state index in [4.69, 9.17) is 4.74 Å². The van der Waals surface area contributed by atoms with Crippen molar-refractivity contribution < 1.29 is 14.3 Å². The summed E-state index contributed by atoms with van der Waals surface area (Å²) in [5, 5.41) is 3.16. The number of rotatable bonds is 3. The number of carbonyl (C=O) groups excluding carboxylic acids is 2. The Hall–Kier alpha value is -3.00. The molecule has 0 aliphatic carbocycles. The molecule has 210 valence electrons. The molecule has 1 aromatic heterocycles. The van der Waals surface area contributed by atoms with Gasteiger partial charge in [-0.25, -0.2) is 9.97 Å². The van der Waals surface area contributed by atoms with Crippen LogP contribution in [0, 0.1) is 19.3 Å². The van der Waals surface area contributed by atoms with E-state index in [0.717, 1.165) is 100 Å². The van der Waals surface area contributed by atoms with Gasteiger partial charge in [0.2, 0.25) is 11.8 Å². The largest absolute Gasteiger partial charge is 0.491 e. The van der Waals surface area contributed by atoms with Crippen molar-refractivity contribution in [3.8, 4) is 5.75 Å². The Kier molecular flexibility index (Phi) is 8.80. The third kappa shape index (κ3) is 6.60. The fourth-order valence-electron chi connectivity index (χ4n) is 6.56. The minimum atomic E-state index is -0.362. The van der Waals surface area contributed by atoms with Gasteiger partial charge in [-0.2, -0.15) is 0 Å². The number of piperidine rings is 2. The normalized spacial score (nSPS) is 22.7. The molecule has 1 aromatic carbocycles. The molecule has 0 saturated carbocycles. The number of likely N-dealkylation sites (tertiary alicyclic amines) is 2. The molecule has 1 spiro atoms. The lowest BCUT2D eigenvalue weighted by molar-refractivity contribution is -0.138. The minimum absolute atomic E-state index is 0.0505. The number of benzene rings is 1. The van der Waals surface area contributed by atoms with Crippen molar-refractivity contribution in [1.82, 2.24) is 25.1 Å². The highest BCUT2D eigenvalue weighted by Crippen LogP contribution is 2.38. The molecule has 3 aliphatic rings. The molecule has 39 heavy (non-hydrogen) atoms. The van der Waals surface area contributed by atoms with E-state index in [1.165, 1.54) is 5.56 Å². The van der Waals surface area contributed by atoms with Crippen LogP contribution in [0.2, 0.25) is 0 Å². The van der Waals surface area contributed by atoms with Gasteiger partial charge in [-0.1, -0.05) is 24.6 Å². The van der Waals surface area contributed by atoms with Crippen LogP contribution in [0.1, 0.15) is 80.2 Å². The molecule has 1 unspecified atom stereocenters. The monoisotopic (exact) mass is 533 g/mol. The van der Waals surface area contributed by atoms with Crippen LogP contribution in [-0.4, -0.2) is 70.9 Å². The van der Waals surface area contributed by atoms with Crippen LogP contribution >= 0.6 is 0 Å². The Bertz CT molecular complexity index is 1140. The van der Waals surface area contributed by atoms with Gasteiger partial charge in [-0.05, 0) is 96.0 Å². The number of nitrogens with one attached hydrogen (secondary N) is 1. The van der Waals surface area contributed by atoms with Gasteiger partial charge in [0.1, 0.15) is 12.4 Å². The fraction of sp³-hybridized carbons (Fsp3) is 0.613. The number of aryl methyl sites for hydroxylation is 3. The van der Waals surface area contributed by atoms with E-state index in [-0.39, 0.29) is 23.3 Å². The number of hydrogen-bond acceptors (Lipinski definition) is 6. The highest BCUT2D eigenvalue weighted by atomic mass is 16.5. The zero-order valence-corrected chi connectivity index (χ0v) is 23.6. The van der Waals surface area contributed by atoms with Crippen LogP contribution in [-0.2, 0) is 16.0 Å². The SMILES string of the molecule is Cc1cc(C)nc(C2CCCCN2C(=O)CN2CCC3(CCCCc4ccccc4OCCNC3=O)CC2)n1. The van der Waals surface area contributed by atoms with Gasteiger partial charge in [0, 0.05) is 17.9 Å². The fourth-order valence-corrected chi connectivity index (χ4v) is 6.56. The predicted octanol–water partition coefficient (Wildman–Crippen LogP) is 4.15. The van der Waals surface area contributed by atoms with Crippen molar-refractivity contribution in [2.45, 2.75) is 77.7 Å². The molecule has 2 saturated heterocycles. The lowest BCUT2D eigenvalue weighted by Gasteiger charge is -2.42. The lowest BCUT2D eigenvalue weighted by Crippen LogP contribution is -2.52. The number of para-hydroxylation sites is 1. The van der Waals surface area contributed by atoms with Crippen molar-refractivity contribution >= 4 is 11.8 Å². The first-order valence-electron chi connectivity index (χ1n) is 14.8. The van der Waals surface area contributed by atoms with Crippen LogP contribution in [0.15, 0.2) is 30.3 Å². The van der Waals surface area contributed by atoms with Gasteiger partial charge in [0.15, 0.2) is 5.82 Å². The van der Waals surface area contributed by atoms with Gasteiger partial charge in [0.25, 0.3) is 0 Å². The first kappa shape index (κ1) is 27.6. The predicted molar refractivity (Wildman–Crippen MR) is 150 cm³/mol. The summed E-state index contributed by atoms with van der Waals surface area (Å²) in [6, 6.07) is 10.2. The Labute approximate surface area is 232 Å². The van der Waals surface area contributed by atoms with E-state index in [1.807, 2.05) is 36.9 Å². The standard InChI is InChI=1S/C31H43N5O3/c1-23-21-24(2)34-29(33-23)26-11-6-8-17-36(26)28(37)22-35-18-14-31(15-19-35)13-7-5-10-25-9-3-4-12-27(25)39-20-16-32-30(31)38/h3-4,9,12,21,26H,5-8,10-11,13-20,22H2,1-2H3,(H,32,38). The molecular weight excluding hydrogens is 490 g/mol. The molecule has 2 fully saturated rings. The molecule has 2 aromatic rings. The summed E-state index contributed by atoms with van der Waals surface area (Å²) in [6.45, 7) is 7.63. The maximum atomic E-state index is 13.5. The van der Waals surface area contributed by atoms with Gasteiger partial charge in [-0.15, -0.1) is 0 Å². The first-order chi connectivity index (χ1) is 18.9. The second-order valence-electron chi connectivity index (χ2n) is 11.6. The molecule has 4 heterocycles. The van der Waals surface area contributed by atoms with Crippen molar-refractivity contribution in [2.24, 2.45) is 5.41 Å². The topological polar surface area (TPSA) is 87.7 Å². The smallest absolute Gasteiger partial charge is 0.237 e. The van der Waals surface area contributed by atoms with Crippen LogP contribution < -0.4 is 10.1 Å². The average molecular weight is 534 g/mol. The van der Waals surface area contributed by atoms with Crippen molar-refractivity contribution in [3.05, 3.63) is 53.1 Å². The summed E-state index contributed by atoms with van der Waals surface area (Å²) in [5.74, 6) is 2.00. The zero-order chi connectivity index (χ0) is 27.2. The van der Waals surface area contributed by atoms with Crippen LogP contribution in [0.25, 0.3) is 0 Å². The summed E-state index contributed by atoms with van der Waals surface area (Å²) < 4.78 is 5.98. The van der Waals surface area contributed by atoms with E-state index in [9.17, 15) is 9.59 Å². The molecule has 5 rings (SSSR count). The molecule has 8 heteroatoms. The van der Waals surface area contributed by atoms with E-state index in [0.29, 0.717) is 19.7 Å². The number of aromatic nitrogens is 2.